The second-order valence-electron chi connectivity index (χ2n) is 5.15. The zero-order valence-corrected chi connectivity index (χ0v) is 12.3. The Kier molecular flexibility index (Phi) is 5.95. The van der Waals surface area contributed by atoms with Crippen LogP contribution in [0.5, 0.6) is 5.75 Å². The molecule has 1 N–H and O–H groups in total. The molecule has 1 aliphatic rings. The summed E-state index contributed by atoms with van der Waals surface area (Å²) in [5.74, 6) is 1.74. The van der Waals surface area contributed by atoms with E-state index in [1.165, 1.54) is 25.9 Å². The fourth-order valence-electron chi connectivity index (χ4n) is 2.53. The van der Waals surface area contributed by atoms with E-state index in [-0.39, 0.29) is 0 Å². The van der Waals surface area contributed by atoms with E-state index in [1.807, 2.05) is 31.3 Å². The van der Waals surface area contributed by atoms with Crippen molar-refractivity contribution in [3.63, 3.8) is 0 Å². The van der Waals surface area contributed by atoms with E-state index in [0.29, 0.717) is 0 Å². The molecule has 0 bridgehead atoms. The highest BCUT2D eigenvalue weighted by molar-refractivity contribution is 6.30. The Morgan fingerprint density at radius 2 is 1.95 bits per heavy atom. The van der Waals surface area contributed by atoms with Gasteiger partial charge in [0, 0.05) is 11.6 Å². The topological polar surface area (TPSA) is 24.5 Å². The molecule has 4 heteroatoms. The lowest BCUT2D eigenvalue weighted by Crippen LogP contribution is -2.38. The molecule has 0 radical (unpaired) electrons. The molecular formula is C15H23ClN2O. The first-order valence-electron chi connectivity index (χ1n) is 7.03. The van der Waals surface area contributed by atoms with E-state index in [2.05, 4.69) is 10.2 Å². The van der Waals surface area contributed by atoms with Gasteiger partial charge in [-0.3, -0.25) is 4.90 Å². The molecule has 3 nitrogen and oxygen atoms in total. The fourth-order valence-corrected chi connectivity index (χ4v) is 2.65. The first-order chi connectivity index (χ1) is 9.28. The summed E-state index contributed by atoms with van der Waals surface area (Å²) < 4.78 is 5.73. The third-order valence-corrected chi connectivity index (χ3v) is 3.94. The summed E-state index contributed by atoms with van der Waals surface area (Å²) in [7, 11) is 2.03. The second kappa shape index (κ2) is 7.73. The molecule has 1 heterocycles. The largest absolute Gasteiger partial charge is 0.492 e. The third-order valence-electron chi connectivity index (χ3n) is 3.69. The molecule has 2 rings (SSSR count). The van der Waals surface area contributed by atoms with Crippen molar-refractivity contribution in [1.82, 2.24) is 10.2 Å². The lowest BCUT2D eigenvalue weighted by molar-refractivity contribution is 0.155. The summed E-state index contributed by atoms with van der Waals surface area (Å²) in [6.07, 6.45) is 2.59. The molecule has 19 heavy (non-hydrogen) atoms. The minimum atomic E-state index is 0.748. The molecule has 106 valence electrons. The predicted octanol–water partition coefficient (Wildman–Crippen LogP) is 2.65. The highest BCUT2D eigenvalue weighted by atomic mass is 35.5. The van der Waals surface area contributed by atoms with Gasteiger partial charge in [0.05, 0.1) is 0 Å². The molecule has 0 unspecified atom stereocenters. The van der Waals surface area contributed by atoms with Gasteiger partial charge in [0.15, 0.2) is 0 Å². The Balaban J connectivity index is 1.63. The van der Waals surface area contributed by atoms with Crippen molar-refractivity contribution in [1.29, 1.82) is 0 Å². The average Bonchev–Trinajstić information content (AvgIpc) is 2.43. The Morgan fingerprint density at radius 3 is 2.58 bits per heavy atom. The molecule has 1 aromatic carbocycles. The normalized spacial score (nSPS) is 17.6. The summed E-state index contributed by atoms with van der Waals surface area (Å²) in [4.78, 5) is 2.49. The Bertz CT molecular complexity index is 361. The number of benzene rings is 1. The van der Waals surface area contributed by atoms with Crippen molar-refractivity contribution in [2.24, 2.45) is 5.92 Å². The molecular weight excluding hydrogens is 260 g/mol. The summed E-state index contributed by atoms with van der Waals surface area (Å²) in [5.41, 5.74) is 0. The average molecular weight is 283 g/mol. The monoisotopic (exact) mass is 282 g/mol. The third kappa shape index (κ3) is 5.01. The van der Waals surface area contributed by atoms with Crippen LogP contribution in [0.2, 0.25) is 5.02 Å². The number of piperidine rings is 1. The van der Waals surface area contributed by atoms with Crippen LogP contribution >= 0.6 is 11.6 Å². The molecule has 0 atom stereocenters. The maximum atomic E-state index is 5.84. The molecule has 0 aliphatic carbocycles. The van der Waals surface area contributed by atoms with E-state index in [0.717, 1.165) is 36.4 Å². The molecule has 1 aliphatic heterocycles. The number of nitrogens with one attached hydrogen (secondary N) is 1. The highest BCUT2D eigenvalue weighted by Crippen LogP contribution is 2.17. The SMILES string of the molecule is CNCC1CCN(CCOc2ccc(Cl)cc2)CC1. The Hall–Kier alpha value is -0.770. The van der Waals surface area contributed by atoms with Crippen molar-refractivity contribution in [3.05, 3.63) is 29.3 Å². The number of rotatable bonds is 6. The Morgan fingerprint density at radius 1 is 1.26 bits per heavy atom. The first-order valence-corrected chi connectivity index (χ1v) is 7.41. The predicted molar refractivity (Wildman–Crippen MR) is 80.0 cm³/mol. The summed E-state index contributed by atoms with van der Waals surface area (Å²) >= 11 is 5.84. The van der Waals surface area contributed by atoms with Gasteiger partial charge in [-0.05, 0) is 69.7 Å². The van der Waals surface area contributed by atoms with Crippen molar-refractivity contribution in [3.8, 4) is 5.75 Å². The fraction of sp³-hybridized carbons (Fsp3) is 0.600. The Labute approximate surface area is 120 Å². The summed E-state index contributed by atoms with van der Waals surface area (Å²) in [6.45, 7) is 5.29. The van der Waals surface area contributed by atoms with Crippen LogP contribution in [0.4, 0.5) is 0 Å². The lowest BCUT2D eigenvalue weighted by Gasteiger charge is -2.31. The first kappa shape index (κ1) is 14.6. The standard InChI is InChI=1S/C15H23ClN2O/c1-17-12-13-6-8-18(9-7-13)10-11-19-15-4-2-14(16)3-5-15/h2-5,13,17H,6-12H2,1H3. The van der Waals surface area contributed by atoms with Gasteiger partial charge in [0.2, 0.25) is 0 Å². The number of halogens is 1. The van der Waals surface area contributed by atoms with Crippen LogP contribution in [0, 0.1) is 5.92 Å². The van der Waals surface area contributed by atoms with E-state index < -0.39 is 0 Å². The second-order valence-corrected chi connectivity index (χ2v) is 5.58. The molecule has 0 saturated carbocycles. The van der Waals surface area contributed by atoms with Crippen LogP contribution in [-0.2, 0) is 0 Å². The minimum Gasteiger partial charge on any atom is -0.492 e. The van der Waals surface area contributed by atoms with Crippen LogP contribution in [0.25, 0.3) is 0 Å². The zero-order chi connectivity index (χ0) is 13.5. The van der Waals surface area contributed by atoms with Crippen molar-refractivity contribution >= 4 is 11.6 Å². The van der Waals surface area contributed by atoms with Crippen molar-refractivity contribution in [2.45, 2.75) is 12.8 Å². The molecule has 0 spiro atoms. The van der Waals surface area contributed by atoms with Crippen LogP contribution in [0.3, 0.4) is 0 Å². The highest BCUT2D eigenvalue weighted by Gasteiger charge is 2.18. The van der Waals surface area contributed by atoms with Crippen LogP contribution < -0.4 is 10.1 Å². The van der Waals surface area contributed by atoms with Crippen molar-refractivity contribution in [2.75, 3.05) is 39.8 Å². The van der Waals surface area contributed by atoms with Crippen LogP contribution in [0.15, 0.2) is 24.3 Å². The lowest BCUT2D eigenvalue weighted by atomic mass is 9.97. The van der Waals surface area contributed by atoms with Gasteiger partial charge in [0.25, 0.3) is 0 Å². The van der Waals surface area contributed by atoms with E-state index in [1.54, 1.807) is 0 Å². The minimum absolute atomic E-state index is 0.748. The van der Waals surface area contributed by atoms with Gasteiger partial charge in [0.1, 0.15) is 12.4 Å². The number of hydrogen-bond acceptors (Lipinski definition) is 3. The quantitative estimate of drug-likeness (QED) is 0.868. The van der Waals surface area contributed by atoms with E-state index >= 15 is 0 Å². The van der Waals surface area contributed by atoms with Gasteiger partial charge in [-0.25, -0.2) is 0 Å². The number of hydrogen-bond donors (Lipinski definition) is 1. The summed E-state index contributed by atoms with van der Waals surface area (Å²) in [5, 5.41) is 4.02. The van der Waals surface area contributed by atoms with Crippen LogP contribution in [0.1, 0.15) is 12.8 Å². The summed E-state index contributed by atoms with van der Waals surface area (Å²) in [6, 6.07) is 7.56. The van der Waals surface area contributed by atoms with Crippen LogP contribution in [-0.4, -0.2) is 44.7 Å². The molecule has 0 aromatic heterocycles. The molecule has 0 amide bonds. The number of nitrogens with zero attached hydrogens (tertiary/aromatic N) is 1. The number of likely N-dealkylation sites (tertiary alicyclic amines) is 1. The van der Waals surface area contributed by atoms with E-state index in [4.69, 9.17) is 16.3 Å². The molecule has 1 fully saturated rings. The van der Waals surface area contributed by atoms with Gasteiger partial charge >= 0.3 is 0 Å². The maximum Gasteiger partial charge on any atom is 0.119 e. The molecule has 1 saturated heterocycles. The van der Waals surface area contributed by atoms with Gasteiger partial charge < -0.3 is 10.1 Å². The molecule has 1 aromatic rings. The van der Waals surface area contributed by atoms with Gasteiger partial charge in [-0.15, -0.1) is 0 Å². The van der Waals surface area contributed by atoms with Crippen molar-refractivity contribution < 1.29 is 4.74 Å². The van der Waals surface area contributed by atoms with Gasteiger partial charge in [-0.1, -0.05) is 11.6 Å². The van der Waals surface area contributed by atoms with Gasteiger partial charge in [-0.2, -0.15) is 0 Å². The number of ether oxygens (including phenoxy) is 1. The van der Waals surface area contributed by atoms with E-state index in [9.17, 15) is 0 Å². The zero-order valence-electron chi connectivity index (χ0n) is 11.6. The smallest absolute Gasteiger partial charge is 0.119 e. The maximum absolute atomic E-state index is 5.84.